The first kappa shape index (κ1) is 22.5. The molecule has 0 aromatic heterocycles. The SMILES string of the molecule is C[C@H]1C[C@@]2(C=CS(=O)(=O)N2c2cccc(F)c2)CCN1Cc1ccc(O)c(F)c1.Cl. The van der Waals surface area contributed by atoms with Gasteiger partial charge in [0.25, 0.3) is 10.0 Å². The van der Waals surface area contributed by atoms with Gasteiger partial charge in [-0.05, 0) is 61.7 Å². The minimum absolute atomic E-state index is 0. The van der Waals surface area contributed by atoms with E-state index in [0.717, 1.165) is 5.56 Å². The fourth-order valence-corrected chi connectivity index (χ4v) is 6.04. The fraction of sp³-hybridized carbons (Fsp3) is 0.333. The average Bonchev–Trinajstić information content (AvgIpc) is 2.91. The number of anilines is 1. The monoisotopic (exact) mass is 456 g/mol. The molecule has 2 atom stereocenters. The molecule has 2 heterocycles. The van der Waals surface area contributed by atoms with E-state index in [4.69, 9.17) is 0 Å². The molecule has 0 saturated carbocycles. The second-order valence-electron chi connectivity index (χ2n) is 7.75. The molecule has 162 valence electrons. The highest BCUT2D eigenvalue weighted by Gasteiger charge is 2.49. The van der Waals surface area contributed by atoms with Gasteiger partial charge >= 0.3 is 0 Å². The van der Waals surface area contributed by atoms with Crippen molar-refractivity contribution in [1.82, 2.24) is 4.90 Å². The average molecular weight is 457 g/mol. The number of hydrogen-bond donors (Lipinski definition) is 1. The first-order valence-electron chi connectivity index (χ1n) is 9.42. The summed E-state index contributed by atoms with van der Waals surface area (Å²) >= 11 is 0. The molecule has 0 aliphatic carbocycles. The van der Waals surface area contributed by atoms with Crippen molar-refractivity contribution >= 4 is 28.1 Å². The van der Waals surface area contributed by atoms with Gasteiger partial charge in [-0.25, -0.2) is 17.2 Å². The molecule has 1 fully saturated rings. The van der Waals surface area contributed by atoms with Crippen LogP contribution in [-0.4, -0.2) is 36.5 Å². The number of likely N-dealkylation sites (tertiary alicyclic amines) is 1. The number of sulfonamides is 1. The van der Waals surface area contributed by atoms with E-state index < -0.39 is 27.2 Å². The number of phenolic OH excluding ortho intramolecular Hbond substituents is 1. The summed E-state index contributed by atoms with van der Waals surface area (Å²) in [6, 6.07) is 9.96. The Hall–Kier alpha value is -2.16. The van der Waals surface area contributed by atoms with Crippen molar-refractivity contribution in [2.45, 2.75) is 37.9 Å². The van der Waals surface area contributed by atoms with Crippen LogP contribution in [0.5, 0.6) is 5.75 Å². The molecule has 2 aromatic carbocycles. The molecule has 5 nitrogen and oxygen atoms in total. The number of hydrogen-bond acceptors (Lipinski definition) is 4. The van der Waals surface area contributed by atoms with Crippen LogP contribution in [-0.2, 0) is 16.6 Å². The van der Waals surface area contributed by atoms with Gasteiger partial charge in [0.1, 0.15) is 5.82 Å². The van der Waals surface area contributed by atoms with Gasteiger partial charge in [0.15, 0.2) is 11.6 Å². The third kappa shape index (κ3) is 4.04. The molecule has 2 aromatic rings. The lowest BCUT2D eigenvalue weighted by molar-refractivity contribution is 0.119. The van der Waals surface area contributed by atoms with Crippen molar-refractivity contribution in [1.29, 1.82) is 0 Å². The zero-order chi connectivity index (χ0) is 20.8. The van der Waals surface area contributed by atoms with E-state index in [2.05, 4.69) is 4.90 Å². The van der Waals surface area contributed by atoms with Gasteiger partial charge in [-0.15, -0.1) is 12.4 Å². The van der Waals surface area contributed by atoms with Gasteiger partial charge in [-0.1, -0.05) is 12.1 Å². The Kier molecular flexibility index (Phi) is 6.13. The predicted octanol–water partition coefficient (Wildman–Crippen LogP) is 4.18. The highest BCUT2D eigenvalue weighted by atomic mass is 35.5. The summed E-state index contributed by atoms with van der Waals surface area (Å²) in [6.45, 7) is 3.08. The summed E-state index contributed by atoms with van der Waals surface area (Å²) in [7, 11) is -3.68. The molecule has 4 rings (SSSR count). The summed E-state index contributed by atoms with van der Waals surface area (Å²) in [5, 5.41) is 10.6. The summed E-state index contributed by atoms with van der Waals surface area (Å²) < 4.78 is 54.2. The maximum absolute atomic E-state index is 13.8. The predicted molar refractivity (Wildman–Crippen MR) is 114 cm³/mol. The van der Waals surface area contributed by atoms with Gasteiger partial charge in [0.05, 0.1) is 11.2 Å². The summed E-state index contributed by atoms with van der Waals surface area (Å²) in [5.41, 5.74) is 0.305. The zero-order valence-electron chi connectivity index (χ0n) is 16.3. The van der Waals surface area contributed by atoms with Crippen LogP contribution in [0, 0.1) is 11.6 Å². The largest absolute Gasteiger partial charge is 0.505 e. The number of nitrogens with zero attached hydrogens (tertiary/aromatic N) is 2. The Balaban J connectivity index is 0.00000256. The Labute approximate surface area is 181 Å². The van der Waals surface area contributed by atoms with E-state index in [1.807, 2.05) is 6.92 Å². The van der Waals surface area contributed by atoms with Gasteiger partial charge < -0.3 is 5.11 Å². The molecule has 1 saturated heterocycles. The van der Waals surface area contributed by atoms with Crippen molar-refractivity contribution in [3.05, 3.63) is 71.1 Å². The van der Waals surface area contributed by atoms with E-state index in [1.54, 1.807) is 18.2 Å². The smallest absolute Gasteiger partial charge is 0.258 e. The van der Waals surface area contributed by atoms with Crippen LogP contribution in [0.1, 0.15) is 25.3 Å². The lowest BCUT2D eigenvalue weighted by Gasteiger charge is -2.47. The lowest BCUT2D eigenvalue weighted by Crippen LogP contribution is -2.56. The molecule has 0 amide bonds. The maximum atomic E-state index is 13.8. The van der Waals surface area contributed by atoms with Crippen molar-refractivity contribution in [3.63, 3.8) is 0 Å². The van der Waals surface area contributed by atoms with Crippen molar-refractivity contribution in [3.8, 4) is 5.75 Å². The van der Waals surface area contributed by atoms with Crippen LogP contribution >= 0.6 is 12.4 Å². The van der Waals surface area contributed by atoms with Gasteiger partial charge in [0, 0.05) is 24.5 Å². The molecule has 0 bridgehead atoms. The topological polar surface area (TPSA) is 60.9 Å². The zero-order valence-corrected chi connectivity index (χ0v) is 18.0. The second kappa shape index (κ2) is 8.17. The van der Waals surface area contributed by atoms with Crippen LogP contribution < -0.4 is 4.31 Å². The van der Waals surface area contributed by atoms with Crippen molar-refractivity contribution < 1.29 is 22.3 Å². The van der Waals surface area contributed by atoms with Crippen molar-refractivity contribution in [2.24, 2.45) is 0 Å². The van der Waals surface area contributed by atoms with Gasteiger partial charge in [0.2, 0.25) is 0 Å². The molecule has 9 heteroatoms. The minimum atomic E-state index is -3.68. The Morgan fingerprint density at radius 1 is 1.20 bits per heavy atom. The Morgan fingerprint density at radius 3 is 2.63 bits per heavy atom. The summed E-state index contributed by atoms with van der Waals surface area (Å²) in [5.74, 6) is -1.53. The highest BCUT2D eigenvalue weighted by Crippen LogP contribution is 2.43. The molecular weight excluding hydrogens is 434 g/mol. The van der Waals surface area contributed by atoms with E-state index in [0.29, 0.717) is 31.6 Å². The van der Waals surface area contributed by atoms with E-state index in [9.17, 15) is 22.3 Å². The summed E-state index contributed by atoms with van der Waals surface area (Å²) in [4.78, 5) is 2.15. The number of phenols is 1. The molecule has 30 heavy (non-hydrogen) atoms. The number of halogens is 3. The molecule has 0 unspecified atom stereocenters. The van der Waals surface area contributed by atoms with Crippen LogP contribution in [0.25, 0.3) is 0 Å². The molecule has 1 N–H and O–H groups in total. The Bertz CT molecular complexity index is 1080. The normalized spacial score (nSPS) is 25.4. The molecular formula is C21H23ClF2N2O3S. The number of benzene rings is 2. The number of rotatable bonds is 3. The van der Waals surface area contributed by atoms with Crippen LogP contribution in [0.15, 0.2) is 53.9 Å². The van der Waals surface area contributed by atoms with E-state index in [1.165, 1.54) is 40.0 Å². The third-order valence-corrected chi connectivity index (χ3v) is 7.32. The molecule has 2 aliphatic heterocycles. The summed E-state index contributed by atoms with van der Waals surface area (Å²) in [6.07, 6.45) is 2.77. The van der Waals surface area contributed by atoms with Crippen LogP contribution in [0.2, 0.25) is 0 Å². The van der Waals surface area contributed by atoms with Crippen LogP contribution in [0.4, 0.5) is 14.5 Å². The highest BCUT2D eigenvalue weighted by molar-refractivity contribution is 7.96. The number of aromatic hydroxyl groups is 1. The quantitative estimate of drug-likeness (QED) is 0.752. The molecule has 1 spiro atoms. The fourth-order valence-electron chi connectivity index (χ4n) is 4.36. The maximum Gasteiger partial charge on any atom is 0.258 e. The van der Waals surface area contributed by atoms with Gasteiger partial charge in [-0.3, -0.25) is 9.21 Å². The first-order chi connectivity index (χ1) is 13.7. The van der Waals surface area contributed by atoms with Gasteiger partial charge in [-0.2, -0.15) is 0 Å². The van der Waals surface area contributed by atoms with Crippen molar-refractivity contribution in [2.75, 3.05) is 10.8 Å². The second-order valence-corrected chi connectivity index (χ2v) is 9.42. The number of piperidine rings is 1. The Morgan fingerprint density at radius 2 is 1.97 bits per heavy atom. The lowest BCUT2D eigenvalue weighted by atomic mass is 9.83. The molecule has 2 aliphatic rings. The van der Waals surface area contributed by atoms with E-state index >= 15 is 0 Å². The minimum Gasteiger partial charge on any atom is -0.505 e. The van der Waals surface area contributed by atoms with E-state index in [-0.39, 0.29) is 24.2 Å². The third-order valence-electron chi connectivity index (χ3n) is 5.75. The first-order valence-corrected chi connectivity index (χ1v) is 10.9. The standard InChI is InChI=1S/C21H22F2N2O3S.ClH/c1-15-13-21(7-9-24(15)14-16-5-6-20(26)19(23)11-16)8-10-29(27,28)25(21)18-4-2-3-17(22)12-18;/h2-6,8,10-12,15,26H,7,9,13-14H2,1H3;1H/t15-,21-;/m0./s1. The van der Waals surface area contributed by atoms with Crippen LogP contribution in [0.3, 0.4) is 0 Å². The molecule has 0 radical (unpaired) electrons.